The number of aromatic nitrogens is 2. The van der Waals surface area contributed by atoms with Crippen molar-refractivity contribution >= 4 is 5.91 Å². The van der Waals surface area contributed by atoms with Crippen molar-refractivity contribution in [1.82, 2.24) is 14.9 Å². The summed E-state index contributed by atoms with van der Waals surface area (Å²) < 4.78 is 12.1. The molecular weight excluding hydrogens is 282 g/mol. The van der Waals surface area contributed by atoms with E-state index in [1.807, 2.05) is 4.90 Å². The van der Waals surface area contributed by atoms with Crippen LogP contribution < -0.4 is 0 Å². The highest BCUT2D eigenvalue weighted by molar-refractivity contribution is 5.92. The molecule has 2 saturated carbocycles. The maximum Gasteiger partial charge on any atom is 0.272 e. The molecule has 3 fully saturated rings. The largest absolute Gasteiger partial charge is 0.374 e. The number of ether oxygens (including phenoxy) is 2. The van der Waals surface area contributed by atoms with Gasteiger partial charge in [-0.15, -0.1) is 0 Å². The summed E-state index contributed by atoms with van der Waals surface area (Å²) in [5.41, 5.74) is 0.446. The van der Waals surface area contributed by atoms with Crippen molar-refractivity contribution in [3.8, 4) is 0 Å². The van der Waals surface area contributed by atoms with E-state index in [0.29, 0.717) is 24.8 Å². The Bertz CT molecular complexity index is 535. The molecular formula is C16H21N3O3. The molecule has 0 radical (unpaired) electrons. The van der Waals surface area contributed by atoms with Gasteiger partial charge < -0.3 is 14.4 Å². The van der Waals surface area contributed by atoms with E-state index in [-0.39, 0.29) is 24.2 Å². The molecule has 1 amide bonds. The van der Waals surface area contributed by atoms with Gasteiger partial charge in [0.05, 0.1) is 18.8 Å². The average molecular weight is 303 g/mol. The highest BCUT2D eigenvalue weighted by Gasteiger charge is 2.45. The highest BCUT2D eigenvalue weighted by Crippen LogP contribution is 2.35. The Balaban J connectivity index is 1.52. The van der Waals surface area contributed by atoms with E-state index >= 15 is 0 Å². The summed E-state index contributed by atoms with van der Waals surface area (Å²) in [6.07, 6.45) is 7.61. The first kappa shape index (κ1) is 14.1. The third-order valence-electron chi connectivity index (χ3n) is 4.84. The van der Waals surface area contributed by atoms with Crippen molar-refractivity contribution in [2.24, 2.45) is 5.92 Å². The van der Waals surface area contributed by atoms with Gasteiger partial charge in [0, 0.05) is 19.3 Å². The fourth-order valence-electron chi connectivity index (χ4n) is 3.46. The van der Waals surface area contributed by atoms with Crippen LogP contribution in [-0.2, 0) is 9.47 Å². The Hall–Kier alpha value is -1.53. The monoisotopic (exact) mass is 303 g/mol. The molecule has 6 nitrogen and oxygen atoms in total. The zero-order valence-electron chi connectivity index (χ0n) is 12.6. The number of nitrogens with zero attached hydrogens (tertiary/aromatic N) is 3. The SMILES string of the molecule is O=C(c1ccncn1)N1CCO[C@H]2CC[C@H]1[C@H]2OCC1CC1. The van der Waals surface area contributed by atoms with E-state index in [9.17, 15) is 4.79 Å². The lowest BCUT2D eigenvalue weighted by Crippen LogP contribution is -2.46. The predicted octanol–water partition coefficient (Wildman–Crippen LogP) is 1.28. The smallest absolute Gasteiger partial charge is 0.272 e. The molecule has 1 aromatic heterocycles. The Kier molecular flexibility index (Phi) is 3.80. The Morgan fingerprint density at radius 3 is 3.05 bits per heavy atom. The fraction of sp³-hybridized carbons (Fsp3) is 0.688. The summed E-state index contributed by atoms with van der Waals surface area (Å²) in [5, 5.41) is 0. The molecule has 2 aliphatic carbocycles. The maximum atomic E-state index is 12.8. The van der Waals surface area contributed by atoms with Gasteiger partial charge in [-0.25, -0.2) is 9.97 Å². The minimum absolute atomic E-state index is 0.00823. The summed E-state index contributed by atoms with van der Waals surface area (Å²) in [6, 6.07) is 1.77. The first-order chi connectivity index (χ1) is 10.8. The van der Waals surface area contributed by atoms with Crippen LogP contribution in [0.3, 0.4) is 0 Å². The second-order valence-electron chi connectivity index (χ2n) is 6.39. The number of hydrogen-bond acceptors (Lipinski definition) is 5. The molecule has 3 atom stereocenters. The van der Waals surface area contributed by atoms with Gasteiger partial charge in [0.25, 0.3) is 5.91 Å². The quantitative estimate of drug-likeness (QED) is 0.838. The Morgan fingerprint density at radius 2 is 2.27 bits per heavy atom. The number of hydrogen-bond donors (Lipinski definition) is 0. The van der Waals surface area contributed by atoms with E-state index in [1.165, 1.54) is 19.2 Å². The van der Waals surface area contributed by atoms with Crippen LogP contribution in [0.1, 0.15) is 36.2 Å². The van der Waals surface area contributed by atoms with Crippen LogP contribution in [0.4, 0.5) is 0 Å². The van der Waals surface area contributed by atoms with Crippen molar-refractivity contribution in [3.05, 3.63) is 24.3 Å². The zero-order valence-corrected chi connectivity index (χ0v) is 12.6. The molecule has 1 saturated heterocycles. The van der Waals surface area contributed by atoms with Gasteiger partial charge in [0.1, 0.15) is 18.1 Å². The van der Waals surface area contributed by atoms with Gasteiger partial charge in [-0.05, 0) is 37.7 Å². The molecule has 6 heteroatoms. The van der Waals surface area contributed by atoms with Crippen molar-refractivity contribution in [2.45, 2.75) is 43.9 Å². The lowest BCUT2D eigenvalue weighted by Gasteiger charge is -2.31. The zero-order chi connectivity index (χ0) is 14.9. The second kappa shape index (κ2) is 5.93. The Labute approximate surface area is 129 Å². The maximum absolute atomic E-state index is 12.8. The highest BCUT2D eigenvalue weighted by atomic mass is 16.5. The van der Waals surface area contributed by atoms with Crippen LogP contribution in [0, 0.1) is 5.92 Å². The van der Waals surface area contributed by atoms with Gasteiger partial charge in [0.15, 0.2) is 0 Å². The van der Waals surface area contributed by atoms with Crippen molar-refractivity contribution < 1.29 is 14.3 Å². The molecule has 2 bridgehead atoms. The van der Waals surface area contributed by atoms with Crippen LogP contribution in [-0.4, -0.2) is 58.8 Å². The minimum Gasteiger partial charge on any atom is -0.374 e. The van der Waals surface area contributed by atoms with Gasteiger partial charge >= 0.3 is 0 Å². The molecule has 1 aliphatic heterocycles. The lowest BCUT2D eigenvalue weighted by molar-refractivity contribution is -0.0557. The molecule has 118 valence electrons. The van der Waals surface area contributed by atoms with Crippen LogP contribution in [0.5, 0.6) is 0 Å². The molecule has 0 aromatic carbocycles. The molecule has 0 unspecified atom stereocenters. The normalized spacial score (nSPS) is 31.1. The Morgan fingerprint density at radius 1 is 1.36 bits per heavy atom. The minimum atomic E-state index is -0.0430. The van der Waals surface area contributed by atoms with Crippen molar-refractivity contribution in [1.29, 1.82) is 0 Å². The second-order valence-corrected chi connectivity index (χ2v) is 6.39. The van der Waals surface area contributed by atoms with Crippen molar-refractivity contribution in [3.63, 3.8) is 0 Å². The summed E-state index contributed by atoms with van der Waals surface area (Å²) in [7, 11) is 0. The molecule has 22 heavy (non-hydrogen) atoms. The number of amides is 1. The topological polar surface area (TPSA) is 64.6 Å². The number of carbonyl (C=O) groups excluding carboxylic acids is 1. The number of fused-ring (bicyclic) bond motifs is 2. The molecule has 1 aromatic rings. The van der Waals surface area contributed by atoms with Gasteiger partial charge in [-0.2, -0.15) is 0 Å². The van der Waals surface area contributed by atoms with Gasteiger partial charge in [0.2, 0.25) is 0 Å². The van der Waals surface area contributed by atoms with E-state index in [0.717, 1.165) is 19.4 Å². The molecule has 0 spiro atoms. The predicted molar refractivity (Wildman–Crippen MR) is 78.3 cm³/mol. The summed E-state index contributed by atoms with van der Waals surface area (Å²) in [6.45, 7) is 1.98. The van der Waals surface area contributed by atoms with Crippen LogP contribution >= 0.6 is 0 Å². The summed E-state index contributed by atoms with van der Waals surface area (Å²) >= 11 is 0. The average Bonchev–Trinajstić information content (AvgIpc) is 3.30. The summed E-state index contributed by atoms with van der Waals surface area (Å²) in [5.74, 6) is 0.673. The third-order valence-corrected chi connectivity index (χ3v) is 4.84. The lowest BCUT2D eigenvalue weighted by atomic mass is 10.1. The van der Waals surface area contributed by atoms with Gasteiger partial charge in [-0.1, -0.05) is 0 Å². The van der Waals surface area contributed by atoms with Crippen LogP contribution in [0.2, 0.25) is 0 Å². The van der Waals surface area contributed by atoms with E-state index in [1.54, 1.807) is 12.3 Å². The van der Waals surface area contributed by atoms with Gasteiger partial charge in [-0.3, -0.25) is 4.79 Å². The van der Waals surface area contributed by atoms with Crippen LogP contribution in [0.15, 0.2) is 18.6 Å². The van der Waals surface area contributed by atoms with E-state index < -0.39 is 0 Å². The standard InChI is InChI=1S/C16H21N3O3/c20-16(12-5-6-17-10-18-12)19-7-8-21-14-4-3-13(19)15(14)22-9-11-1-2-11/h5-6,10-11,13-15H,1-4,7-9H2/t13-,14-,15+/m0/s1. The summed E-state index contributed by atoms with van der Waals surface area (Å²) in [4.78, 5) is 22.6. The number of carbonyl (C=O) groups is 1. The molecule has 3 aliphatic rings. The molecule has 2 heterocycles. The first-order valence-electron chi connectivity index (χ1n) is 8.13. The molecule has 4 rings (SSSR count). The fourth-order valence-corrected chi connectivity index (χ4v) is 3.46. The number of rotatable bonds is 4. The third kappa shape index (κ3) is 2.73. The van der Waals surface area contributed by atoms with Crippen molar-refractivity contribution in [2.75, 3.05) is 19.8 Å². The van der Waals surface area contributed by atoms with E-state index in [4.69, 9.17) is 9.47 Å². The van der Waals surface area contributed by atoms with E-state index in [2.05, 4.69) is 9.97 Å². The first-order valence-corrected chi connectivity index (χ1v) is 8.13. The molecule has 0 N–H and O–H groups in total. The van der Waals surface area contributed by atoms with Crippen LogP contribution in [0.25, 0.3) is 0 Å².